The van der Waals surface area contributed by atoms with Crippen LogP contribution in [0.25, 0.3) is 22.5 Å². The fraction of sp³-hybridized carbons (Fsp3) is 0.176. The summed E-state index contributed by atoms with van der Waals surface area (Å²) in [6.45, 7) is 4.42. The molecular formula is C34H31IrN5O2-2. The molecule has 0 amide bonds. The molecule has 3 aromatic heterocycles. The van der Waals surface area contributed by atoms with Crippen molar-refractivity contribution in [1.82, 2.24) is 15.0 Å². The van der Waals surface area contributed by atoms with E-state index in [2.05, 4.69) is 89.1 Å². The van der Waals surface area contributed by atoms with Gasteiger partial charge in [0.2, 0.25) is 0 Å². The molecule has 1 radical (unpaired) electrons. The van der Waals surface area contributed by atoms with E-state index >= 15 is 0 Å². The number of rotatable bonds is 1. The molecule has 2 aliphatic rings. The summed E-state index contributed by atoms with van der Waals surface area (Å²) in [7, 11) is 4.22. The maximum atomic E-state index is 10.1. The first-order valence-electron chi connectivity index (χ1n) is 13.4. The minimum atomic E-state index is -0.990. The van der Waals surface area contributed by atoms with Crippen LogP contribution in [0.5, 0.6) is 0 Å². The van der Waals surface area contributed by atoms with Crippen molar-refractivity contribution in [3.05, 3.63) is 126 Å². The summed E-state index contributed by atoms with van der Waals surface area (Å²) < 4.78 is 0. The molecule has 0 fully saturated rings. The van der Waals surface area contributed by atoms with Crippen LogP contribution in [0.15, 0.2) is 97.5 Å². The van der Waals surface area contributed by atoms with Crippen LogP contribution in [0.2, 0.25) is 0 Å². The predicted octanol–water partition coefficient (Wildman–Crippen LogP) is 6.90. The number of anilines is 2. The molecule has 2 atom stereocenters. The maximum absolute atomic E-state index is 10.1. The Morgan fingerprint density at radius 2 is 1.17 bits per heavy atom. The first kappa shape index (κ1) is 30.6. The molecule has 7 nitrogen and oxygen atoms in total. The quantitative estimate of drug-likeness (QED) is 0.188. The molecule has 5 aromatic rings. The van der Waals surface area contributed by atoms with Gasteiger partial charge in [-0.3, -0.25) is 0 Å². The zero-order valence-corrected chi connectivity index (χ0v) is 26.2. The summed E-state index contributed by atoms with van der Waals surface area (Å²) in [6, 6.07) is 32.6. The van der Waals surface area contributed by atoms with Crippen molar-refractivity contribution in [2.24, 2.45) is 0 Å². The molecule has 42 heavy (non-hydrogen) atoms. The summed E-state index contributed by atoms with van der Waals surface area (Å²) in [5.41, 5.74) is 9.42. The second-order valence-corrected chi connectivity index (χ2v) is 9.84. The minimum absolute atomic E-state index is 0. The van der Waals surface area contributed by atoms with Gasteiger partial charge in [-0.1, -0.05) is 6.07 Å². The standard InChI is InChI=1S/2C14H13N2.C6H5NO2.Ir/c2*1-10-11-6-3-4-7-12(11)14-13(16(10)2)8-5-9-15-14;8-6(9)5-3-1-2-4-7-5;/h2*3-6,8-10H,1-2H3;1-4H,(H,8,9);/q2*-1;;. The van der Waals surface area contributed by atoms with Gasteiger partial charge in [0.1, 0.15) is 5.69 Å². The Labute approximate surface area is 260 Å². The molecule has 0 bridgehead atoms. The van der Waals surface area contributed by atoms with Crippen LogP contribution in [-0.2, 0) is 20.1 Å². The fourth-order valence-electron chi connectivity index (χ4n) is 5.08. The number of carboxylic acid groups (broad SMARTS) is 1. The zero-order valence-electron chi connectivity index (χ0n) is 23.8. The van der Waals surface area contributed by atoms with Gasteiger partial charge in [-0.2, -0.15) is 0 Å². The van der Waals surface area contributed by atoms with E-state index in [0.717, 1.165) is 22.5 Å². The molecule has 1 N–H and O–H groups in total. The van der Waals surface area contributed by atoms with Crippen LogP contribution < -0.4 is 9.80 Å². The number of carboxylic acids is 1. The van der Waals surface area contributed by atoms with E-state index in [4.69, 9.17) is 5.11 Å². The van der Waals surface area contributed by atoms with E-state index in [0.29, 0.717) is 12.1 Å². The van der Waals surface area contributed by atoms with Gasteiger partial charge in [0.15, 0.2) is 0 Å². The van der Waals surface area contributed by atoms with Crippen LogP contribution in [0.4, 0.5) is 11.4 Å². The van der Waals surface area contributed by atoms with Crippen LogP contribution in [0.3, 0.4) is 0 Å². The van der Waals surface area contributed by atoms with E-state index in [-0.39, 0.29) is 25.8 Å². The number of aromatic nitrogens is 3. The van der Waals surface area contributed by atoms with Crippen molar-refractivity contribution in [3.63, 3.8) is 0 Å². The number of benzene rings is 2. The summed E-state index contributed by atoms with van der Waals surface area (Å²) >= 11 is 0. The van der Waals surface area contributed by atoms with Gasteiger partial charge in [0.25, 0.3) is 0 Å². The minimum Gasteiger partial charge on any atom is -0.477 e. The third-order valence-corrected chi connectivity index (χ3v) is 7.53. The number of carbonyl (C=O) groups is 1. The first-order chi connectivity index (χ1) is 19.9. The molecule has 0 aliphatic carbocycles. The summed E-state index contributed by atoms with van der Waals surface area (Å²) in [5, 5.41) is 8.32. The molecule has 8 heteroatoms. The Morgan fingerprint density at radius 3 is 1.57 bits per heavy atom. The van der Waals surface area contributed by atoms with Gasteiger partial charge < -0.3 is 24.9 Å². The predicted molar refractivity (Wildman–Crippen MR) is 162 cm³/mol. The topological polar surface area (TPSA) is 82.5 Å². The number of fused-ring (bicyclic) bond motifs is 6. The van der Waals surface area contributed by atoms with Crippen LogP contribution in [-0.4, -0.2) is 40.1 Å². The van der Waals surface area contributed by atoms with Crippen molar-refractivity contribution < 1.29 is 30.0 Å². The van der Waals surface area contributed by atoms with Gasteiger partial charge in [-0.15, -0.1) is 70.8 Å². The molecule has 215 valence electrons. The SMILES string of the molecule is CC1c2ccc[c-]c2-c2ncccc2N1C.CC1c2ccc[c-]c2-c2ncccc2N1C.O=C(O)c1ccccn1.[Ir]. The van der Waals surface area contributed by atoms with Gasteiger partial charge in [-0.25, -0.2) is 9.78 Å². The summed E-state index contributed by atoms with van der Waals surface area (Å²) in [5.74, 6) is -0.990. The average molecular weight is 734 g/mol. The van der Waals surface area contributed by atoms with Gasteiger partial charge >= 0.3 is 5.97 Å². The molecule has 0 saturated heterocycles. The maximum Gasteiger partial charge on any atom is 0.354 e. The van der Waals surface area contributed by atoms with Gasteiger partial charge in [0, 0.05) is 87.6 Å². The molecule has 2 unspecified atom stereocenters. The number of aromatic carboxylic acids is 1. The van der Waals surface area contributed by atoms with Crippen molar-refractivity contribution in [2.75, 3.05) is 23.9 Å². The Hall–Kier alpha value is -4.39. The van der Waals surface area contributed by atoms with Crippen molar-refractivity contribution >= 4 is 17.3 Å². The number of nitrogens with zero attached hydrogens (tertiary/aromatic N) is 5. The molecule has 2 aliphatic heterocycles. The van der Waals surface area contributed by atoms with Crippen LogP contribution >= 0.6 is 0 Å². The van der Waals surface area contributed by atoms with Crippen LogP contribution in [0.1, 0.15) is 47.5 Å². The summed E-state index contributed by atoms with van der Waals surface area (Å²) in [4.78, 5) is 27.2. The number of hydrogen-bond donors (Lipinski definition) is 1. The van der Waals surface area contributed by atoms with Crippen molar-refractivity contribution in [2.45, 2.75) is 25.9 Å². The van der Waals surface area contributed by atoms with E-state index in [1.54, 1.807) is 12.1 Å². The third kappa shape index (κ3) is 6.10. The van der Waals surface area contributed by atoms with Gasteiger partial charge in [-0.05, 0) is 50.2 Å². The van der Waals surface area contributed by atoms with E-state index in [1.165, 1.54) is 34.8 Å². The molecule has 5 heterocycles. The second kappa shape index (κ2) is 13.5. The van der Waals surface area contributed by atoms with Crippen molar-refractivity contribution in [3.8, 4) is 22.5 Å². The largest absolute Gasteiger partial charge is 0.477 e. The molecule has 7 rings (SSSR count). The van der Waals surface area contributed by atoms with E-state index in [9.17, 15) is 4.79 Å². The molecule has 2 aromatic carbocycles. The van der Waals surface area contributed by atoms with Gasteiger partial charge in [0.05, 0.1) is 0 Å². The van der Waals surface area contributed by atoms with Crippen LogP contribution in [0, 0.1) is 12.1 Å². The smallest absolute Gasteiger partial charge is 0.354 e. The third-order valence-electron chi connectivity index (χ3n) is 7.53. The summed E-state index contributed by atoms with van der Waals surface area (Å²) in [6.07, 6.45) is 5.13. The molecule has 0 saturated carbocycles. The normalized spacial score (nSPS) is 15.5. The number of hydrogen-bond acceptors (Lipinski definition) is 6. The average Bonchev–Trinajstić information content (AvgIpc) is 3.03. The monoisotopic (exact) mass is 734 g/mol. The molecule has 0 spiro atoms. The Bertz CT molecular complexity index is 1470. The number of pyridine rings is 3. The second-order valence-electron chi connectivity index (χ2n) is 9.84. The Balaban J connectivity index is 0.000000149. The van der Waals surface area contributed by atoms with E-state index in [1.807, 2.05) is 48.8 Å². The van der Waals surface area contributed by atoms with Crippen molar-refractivity contribution in [1.29, 1.82) is 0 Å². The fourth-order valence-corrected chi connectivity index (χ4v) is 5.08. The van der Waals surface area contributed by atoms with E-state index < -0.39 is 5.97 Å². The zero-order chi connectivity index (χ0) is 28.9. The Morgan fingerprint density at radius 1 is 0.690 bits per heavy atom. The molecular weight excluding hydrogens is 703 g/mol. The Kier molecular flexibility index (Phi) is 9.83. The first-order valence-corrected chi connectivity index (χ1v) is 13.4.